The molecule has 2 rings (SSSR count). The molecule has 1 heterocycles. The number of hydrogen-bond donors (Lipinski definition) is 1. The molecule has 1 aliphatic rings. The Morgan fingerprint density at radius 3 is 2.71 bits per heavy atom. The van der Waals surface area contributed by atoms with Crippen LogP contribution in [0.15, 0.2) is 29.2 Å². The monoisotopic (exact) mass is 332 g/mol. The fourth-order valence-corrected chi connectivity index (χ4v) is 4.66. The van der Waals surface area contributed by atoms with Crippen molar-refractivity contribution < 1.29 is 8.42 Å². The third-order valence-corrected chi connectivity index (χ3v) is 5.94. The lowest BCUT2D eigenvalue weighted by Crippen LogP contribution is -2.51. The van der Waals surface area contributed by atoms with Crippen molar-refractivity contribution in [2.45, 2.75) is 56.5 Å². The highest BCUT2D eigenvalue weighted by Gasteiger charge is 2.35. The molecule has 1 saturated heterocycles. The molecule has 2 atom stereocenters. The molecule has 1 aromatic carbocycles. The van der Waals surface area contributed by atoms with Gasteiger partial charge in [0.25, 0.3) is 0 Å². The Morgan fingerprint density at radius 2 is 2.10 bits per heavy atom. The van der Waals surface area contributed by atoms with Crippen LogP contribution in [0.2, 0.25) is 0 Å². The highest BCUT2D eigenvalue weighted by atomic mass is 35.5. The lowest BCUT2D eigenvalue weighted by Gasteiger charge is -2.36. The molecule has 120 valence electrons. The number of nitrogens with two attached hydrogens (primary N) is 1. The molecule has 0 spiro atoms. The molecule has 6 heteroatoms. The summed E-state index contributed by atoms with van der Waals surface area (Å²) in [6.07, 6.45) is 3.65. The summed E-state index contributed by atoms with van der Waals surface area (Å²) in [7, 11) is -3.44. The highest BCUT2D eigenvalue weighted by Crippen LogP contribution is 2.27. The van der Waals surface area contributed by atoms with Gasteiger partial charge in [-0.1, -0.05) is 25.5 Å². The van der Waals surface area contributed by atoms with E-state index < -0.39 is 10.0 Å². The molecule has 0 amide bonds. The number of halogens is 1. The molecule has 2 N–H and O–H groups in total. The van der Waals surface area contributed by atoms with Crippen LogP contribution in [0.3, 0.4) is 0 Å². The summed E-state index contributed by atoms with van der Waals surface area (Å²) in [5.74, 6) is 0. The number of rotatable bonds is 4. The Kier molecular flexibility index (Phi) is 6.66. The van der Waals surface area contributed by atoms with Gasteiger partial charge in [-0.15, -0.1) is 12.4 Å². The minimum absolute atomic E-state index is 0. The summed E-state index contributed by atoms with van der Waals surface area (Å²) in [4.78, 5) is 0.393. The first kappa shape index (κ1) is 18.4. The largest absolute Gasteiger partial charge is 0.326 e. The Balaban J connectivity index is 0.00000220. The minimum Gasteiger partial charge on any atom is -0.326 e. The summed E-state index contributed by atoms with van der Waals surface area (Å²) in [5.41, 5.74) is 7.02. The Hall–Kier alpha value is -0.620. The van der Waals surface area contributed by atoms with Crippen LogP contribution in [0, 0.1) is 0 Å². The minimum atomic E-state index is -3.44. The van der Waals surface area contributed by atoms with E-state index in [1.54, 1.807) is 16.4 Å². The van der Waals surface area contributed by atoms with Crippen molar-refractivity contribution in [1.82, 2.24) is 4.31 Å². The van der Waals surface area contributed by atoms with Crippen molar-refractivity contribution in [3.05, 3.63) is 29.8 Å². The number of piperidine rings is 1. The zero-order chi connectivity index (χ0) is 14.8. The predicted molar refractivity (Wildman–Crippen MR) is 88.2 cm³/mol. The van der Waals surface area contributed by atoms with Gasteiger partial charge in [0.2, 0.25) is 10.0 Å². The van der Waals surface area contributed by atoms with Gasteiger partial charge < -0.3 is 5.73 Å². The number of sulfonamides is 1. The van der Waals surface area contributed by atoms with Gasteiger partial charge in [-0.25, -0.2) is 8.42 Å². The quantitative estimate of drug-likeness (QED) is 0.921. The van der Waals surface area contributed by atoms with Crippen LogP contribution >= 0.6 is 12.4 Å². The van der Waals surface area contributed by atoms with E-state index in [1.165, 1.54) is 0 Å². The lowest BCUT2D eigenvalue weighted by atomic mass is 10.00. The van der Waals surface area contributed by atoms with Crippen LogP contribution in [0.4, 0.5) is 0 Å². The van der Waals surface area contributed by atoms with Gasteiger partial charge in [0.05, 0.1) is 4.90 Å². The van der Waals surface area contributed by atoms with E-state index in [4.69, 9.17) is 5.73 Å². The summed E-state index contributed by atoms with van der Waals surface area (Å²) < 4.78 is 27.3. The number of benzene rings is 1. The first-order valence-electron chi connectivity index (χ1n) is 7.33. The first-order chi connectivity index (χ1) is 9.46. The van der Waals surface area contributed by atoms with Crippen LogP contribution < -0.4 is 5.73 Å². The van der Waals surface area contributed by atoms with Crippen molar-refractivity contribution in [1.29, 1.82) is 0 Å². The van der Waals surface area contributed by atoms with Gasteiger partial charge in [0, 0.05) is 18.6 Å². The average Bonchev–Trinajstić information content (AvgIpc) is 2.47. The molecule has 0 aromatic heterocycles. The molecule has 0 bridgehead atoms. The fourth-order valence-electron chi connectivity index (χ4n) is 2.82. The highest BCUT2D eigenvalue weighted by molar-refractivity contribution is 7.89. The van der Waals surface area contributed by atoms with E-state index >= 15 is 0 Å². The molecule has 0 saturated carbocycles. The van der Waals surface area contributed by atoms with E-state index in [2.05, 4.69) is 0 Å². The van der Waals surface area contributed by atoms with E-state index in [0.717, 1.165) is 31.2 Å². The zero-order valence-electron chi connectivity index (χ0n) is 12.7. The molecule has 2 unspecified atom stereocenters. The van der Waals surface area contributed by atoms with Crippen molar-refractivity contribution in [3.63, 3.8) is 0 Å². The molecular formula is C15H25ClN2O2S. The standard InChI is InChI=1S/C15H24N2O2S.ClH/c1-3-13-7-6-8-14(11-13)20(18,19)17-10-5-4-9-15(17)12(2)16;/h6-8,11-12,15H,3-5,9-10,16H2,1-2H3;1H. The molecule has 1 fully saturated rings. The smallest absolute Gasteiger partial charge is 0.243 e. The third kappa shape index (κ3) is 3.97. The van der Waals surface area contributed by atoms with Crippen molar-refractivity contribution in [3.8, 4) is 0 Å². The van der Waals surface area contributed by atoms with Crippen LogP contribution in [-0.2, 0) is 16.4 Å². The van der Waals surface area contributed by atoms with Crippen LogP contribution in [0.25, 0.3) is 0 Å². The topological polar surface area (TPSA) is 63.4 Å². The zero-order valence-corrected chi connectivity index (χ0v) is 14.3. The van der Waals surface area contributed by atoms with E-state index in [0.29, 0.717) is 11.4 Å². The van der Waals surface area contributed by atoms with Crippen molar-refractivity contribution >= 4 is 22.4 Å². The molecule has 0 radical (unpaired) electrons. The molecule has 0 aliphatic carbocycles. The Bertz CT molecular complexity index is 561. The molecule has 21 heavy (non-hydrogen) atoms. The molecule has 1 aromatic rings. The summed E-state index contributed by atoms with van der Waals surface area (Å²) in [6, 6.07) is 7.01. The second-order valence-corrected chi connectivity index (χ2v) is 7.43. The van der Waals surface area contributed by atoms with Gasteiger partial charge in [-0.3, -0.25) is 0 Å². The number of nitrogens with zero attached hydrogens (tertiary/aromatic N) is 1. The van der Waals surface area contributed by atoms with Gasteiger partial charge in [-0.05, 0) is 43.9 Å². The summed E-state index contributed by atoms with van der Waals surface area (Å²) in [5, 5.41) is 0. The fraction of sp³-hybridized carbons (Fsp3) is 0.600. The first-order valence-corrected chi connectivity index (χ1v) is 8.77. The van der Waals surface area contributed by atoms with E-state index in [9.17, 15) is 8.42 Å². The van der Waals surface area contributed by atoms with Gasteiger partial charge in [0.15, 0.2) is 0 Å². The van der Waals surface area contributed by atoms with Crippen molar-refractivity contribution in [2.24, 2.45) is 5.73 Å². The summed E-state index contributed by atoms with van der Waals surface area (Å²) >= 11 is 0. The average molecular weight is 333 g/mol. The predicted octanol–water partition coefficient (Wildman–Crippen LogP) is 2.56. The maximum atomic E-state index is 12.8. The SMILES string of the molecule is CCc1cccc(S(=O)(=O)N2CCCCC2C(C)N)c1.Cl. The van der Waals surface area contributed by atoms with Gasteiger partial charge in [-0.2, -0.15) is 4.31 Å². The maximum Gasteiger partial charge on any atom is 0.243 e. The second kappa shape index (κ2) is 7.58. The third-order valence-electron chi connectivity index (χ3n) is 4.02. The molecular weight excluding hydrogens is 308 g/mol. The maximum absolute atomic E-state index is 12.8. The van der Waals surface area contributed by atoms with Crippen LogP contribution in [0.5, 0.6) is 0 Å². The van der Waals surface area contributed by atoms with Crippen LogP contribution in [0.1, 0.15) is 38.7 Å². The van der Waals surface area contributed by atoms with Crippen molar-refractivity contribution in [2.75, 3.05) is 6.54 Å². The lowest BCUT2D eigenvalue weighted by molar-refractivity contribution is 0.227. The Morgan fingerprint density at radius 1 is 1.38 bits per heavy atom. The number of hydrogen-bond acceptors (Lipinski definition) is 3. The normalized spacial score (nSPS) is 21.6. The van der Waals surface area contributed by atoms with Crippen LogP contribution in [-0.4, -0.2) is 31.4 Å². The second-order valence-electron chi connectivity index (χ2n) is 5.54. The molecule has 4 nitrogen and oxygen atoms in total. The van der Waals surface area contributed by atoms with Gasteiger partial charge >= 0.3 is 0 Å². The molecule has 1 aliphatic heterocycles. The summed E-state index contributed by atoms with van der Waals surface area (Å²) in [6.45, 7) is 4.49. The van der Waals surface area contributed by atoms with Gasteiger partial charge in [0.1, 0.15) is 0 Å². The van der Waals surface area contributed by atoms with E-state index in [1.807, 2.05) is 26.0 Å². The number of aryl methyl sites for hydroxylation is 1. The van der Waals surface area contributed by atoms with E-state index in [-0.39, 0.29) is 24.5 Å². The Labute approximate surface area is 134 Å².